The topological polar surface area (TPSA) is 104 Å². The molecule has 7 heteroatoms. The number of rotatable bonds is 38. The van der Waals surface area contributed by atoms with Crippen molar-refractivity contribution in [1.82, 2.24) is 5.32 Å². The summed E-state index contributed by atoms with van der Waals surface area (Å²) in [4.78, 5) is 12.5. The monoisotopic (exact) mass is 724 g/mol. The van der Waals surface area contributed by atoms with Crippen LogP contribution in [0, 0.1) is 0 Å². The van der Waals surface area contributed by atoms with Crippen molar-refractivity contribution in [3.05, 3.63) is 36.5 Å². The van der Waals surface area contributed by atoms with Crippen molar-refractivity contribution in [2.45, 2.75) is 225 Å². The molecule has 2 unspecified atom stereocenters. The number of aliphatic hydroxyl groups is 1. The second-order valence-electron chi connectivity index (χ2n) is 14.6. The van der Waals surface area contributed by atoms with Crippen LogP contribution in [-0.4, -0.2) is 41.9 Å². The van der Waals surface area contributed by atoms with Crippen molar-refractivity contribution in [3.63, 3.8) is 0 Å². The fraction of sp³-hybridized carbons (Fsp3) is 0.837. The maximum atomic E-state index is 12.5. The summed E-state index contributed by atoms with van der Waals surface area (Å²) in [7, 11) is -4.35. The zero-order valence-electron chi connectivity index (χ0n) is 32.8. The number of allylic oxidation sites excluding steroid dienone is 5. The van der Waals surface area contributed by atoms with Crippen LogP contribution in [0.2, 0.25) is 0 Å². The Labute approximate surface area is 310 Å². The van der Waals surface area contributed by atoms with Crippen LogP contribution in [0.3, 0.4) is 0 Å². The largest absolute Gasteiger partial charge is 0.387 e. The van der Waals surface area contributed by atoms with E-state index in [0.29, 0.717) is 6.42 Å². The highest BCUT2D eigenvalue weighted by molar-refractivity contribution is 7.85. The van der Waals surface area contributed by atoms with Gasteiger partial charge >= 0.3 is 0 Å². The molecule has 1 amide bonds. The molecule has 0 saturated carbocycles. The van der Waals surface area contributed by atoms with Crippen LogP contribution in [0.15, 0.2) is 36.5 Å². The molecule has 0 aromatic rings. The molecular formula is C43H81NO5S. The third-order valence-electron chi connectivity index (χ3n) is 9.56. The van der Waals surface area contributed by atoms with Crippen LogP contribution in [0.1, 0.15) is 213 Å². The third-order valence-corrected chi connectivity index (χ3v) is 10.3. The number of carbonyl (C=O) groups excluding carboxylic acids is 1. The van der Waals surface area contributed by atoms with Gasteiger partial charge in [0.15, 0.2) is 0 Å². The van der Waals surface area contributed by atoms with Gasteiger partial charge in [0.05, 0.1) is 17.9 Å². The average molecular weight is 724 g/mol. The van der Waals surface area contributed by atoms with Crippen LogP contribution in [0.5, 0.6) is 0 Å². The summed E-state index contributed by atoms with van der Waals surface area (Å²) in [6, 6.07) is -1.06. The average Bonchev–Trinajstić information content (AvgIpc) is 3.08. The minimum Gasteiger partial charge on any atom is -0.387 e. The van der Waals surface area contributed by atoms with Gasteiger partial charge in [-0.05, 0) is 51.4 Å². The Morgan fingerprint density at radius 1 is 0.540 bits per heavy atom. The van der Waals surface area contributed by atoms with Crippen LogP contribution in [0.4, 0.5) is 0 Å². The lowest BCUT2D eigenvalue weighted by molar-refractivity contribution is -0.122. The van der Waals surface area contributed by atoms with Crippen molar-refractivity contribution >= 4 is 16.0 Å². The molecular weight excluding hydrogens is 643 g/mol. The first-order chi connectivity index (χ1) is 24.3. The number of amides is 1. The minimum atomic E-state index is -4.35. The van der Waals surface area contributed by atoms with Gasteiger partial charge in [0.2, 0.25) is 5.91 Å². The molecule has 6 nitrogen and oxygen atoms in total. The number of unbranched alkanes of at least 4 members (excludes halogenated alkanes) is 26. The van der Waals surface area contributed by atoms with Crippen LogP contribution >= 0.6 is 0 Å². The van der Waals surface area contributed by atoms with E-state index in [0.717, 1.165) is 57.8 Å². The Balaban J connectivity index is 3.93. The highest BCUT2D eigenvalue weighted by Gasteiger charge is 2.24. The number of aliphatic hydroxyl groups excluding tert-OH is 1. The van der Waals surface area contributed by atoms with Gasteiger partial charge in [-0.3, -0.25) is 9.35 Å². The fourth-order valence-corrected chi connectivity index (χ4v) is 7.10. The lowest BCUT2D eigenvalue weighted by Crippen LogP contribution is -2.46. The highest BCUT2D eigenvalue weighted by atomic mass is 32.2. The second-order valence-corrected chi connectivity index (χ2v) is 16.1. The third kappa shape index (κ3) is 37.8. The van der Waals surface area contributed by atoms with Crippen molar-refractivity contribution < 1.29 is 22.9 Å². The summed E-state index contributed by atoms with van der Waals surface area (Å²) >= 11 is 0. The van der Waals surface area contributed by atoms with Gasteiger partial charge in [-0.15, -0.1) is 0 Å². The second kappa shape index (κ2) is 37.3. The molecule has 0 heterocycles. The maximum Gasteiger partial charge on any atom is 0.267 e. The van der Waals surface area contributed by atoms with E-state index in [1.807, 2.05) is 6.08 Å². The Hall–Kier alpha value is -1.44. The molecule has 0 saturated heterocycles. The van der Waals surface area contributed by atoms with Gasteiger partial charge in [-0.25, -0.2) is 0 Å². The van der Waals surface area contributed by atoms with Crippen molar-refractivity contribution in [1.29, 1.82) is 0 Å². The molecule has 0 aliphatic heterocycles. The summed E-state index contributed by atoms with van der Waals surface area (Å²) in [5, 5.41) is 13.2. The van der Waals surface area contributed by atoms with E-state index >= 15 is 0 Å². The highest BCUT2D eigenvalue weighted by Crippen LogP contribution is 2.15. The summed E-state index contributed by atoms with van der Waals surface area (Å²) < 4.78 is 32.5. The fourth-order valence-electron chi connectivity index (χ4n) is 6.36. The molecule has 0 bridgehead atoms. The summed E-state index contributed by atoms with van der Waals surface area (Å²) in [6.45, 7) is 4.51. The van der Waals surface area contributed by atoms with E-state index in [1.165, 1.54) is 128 Å². The number of carbonyl (C=O) groups is 1. The quantitative estimate of drug-likeness (QED) is 0.0334. The number of hydrogen-bond acceptors (Lipinski definition) is 4. The molecule has 0 aliphatic rings. The van der Waals surface area contributed by atoms with Gasteiger partial charge in [0, 0.05) is 6.42 Å². The van der Waals surface area contributed by atoms with Gasteiger partial charge in [0.1, 0.15) is 0 Å². The Morgan fingerprint density at radius 3 is 1.32 bits per heavy atom. The van der Waals surface area contributed by atoms with E-state index in [4.69, 9.17) is 0 Å². The standard InChI is InChI=1S/C43H81NO5S/c1-3-5-7-9-11-13-15-17-19-21-22-23-24-26-28-30-32-34-36-38-42(45)41(40-50(47,48)49)44-43(46)39-37-35-33-31-29-27-25-20-18-16-14-12-10-8-6-4-2/h14,16,20,25,36,38,41-42,45H,3-13,15,17-19,21-24,26-35,37,39-40H2,1-2H3,(H,44,46)(H,47,48,49)/b16-14-,25-20-,38-36+. The molecule has 0 fully saturated rings. The maximum absolute atomic E-state index is 12.5. The molecule has 294 valence electrons. The summed E-state index contributed by atoms with van der Waals surface area (Å²) in [5.74, 6) is -0.994. The Morgan fingerprint density at radius 2 is 0.900 bits per heavy atom. The molecule has 0 aliphatic carbocycles. The van der Waals surface area contributed by atoms with Crippen LogP contribution < -0.4 is 5.32 Å². The number of hydrogen-bond donors (Lipinski definition) is 3. The van der Waals surface area contributed by atoms with E-state index < -0.39 is 28.0 Å². The molecule has 0 aromatic carbocycles. The summed E-state index contributed by atoms with van der Waals surface area (Å²) in [6.07, 6.45) is 48.4. The first-order valence-electron chi connectivity index (χ1n) is 21.2. The van der Waals surface area contributed by atoms with Crippen LogP contribution in [-0.2, 0) is 14.9 Å². The lowest BCUT2D eigenvalue weighted by Gasteiger charge is -2.21. The predicted octanol–water partition coefficient (Wildman–Crippen LogP) is 12.5. The van der Waals surface area contributed by atoms with Gasteiger partial charge in [0.25, 0.3) is 10.1 Å². The van der Waals surface area contributed by atoms with Crippen molar-refractivity contribution in [2.24, 2.45) is 0 Å². The Bertz CT molecular complexity index is 930. The SMILES string of the molecule is CCCCCC/C=C\C/C=C\CCCCCCCC(=O)NC(CS(=O)(=O)O)C(O)/C=C/CCCCCCCCCCCCCCCCCCC. The smallest absolute Gasteiger partial charge is 0.267 e. The zero-order chi connectivity index (χ0) is 36.8. The number of nitrogens with one attached hydrogen (secondary N) is 1. The van der Waals surface area contributed by atoms with E-state index in [2.05, 4.69) is 43.5 Å². The molecule has 0 aromatic heterocycles. The predicted molar refractivity (Wildman–Crippen MR) is 216 cm³/mol. The van der Waals surface area contributed by atoms with E-state index in [9.17, 15) is 22.9 Å². The molecule has 50 heavy (non-hydrogen) atoms. The van der Waals surface area contributed by atoms with Gasteiger partial charge < -0.3 is 10.4 Å². The van der Waals surface area contributed by atoms with E-state index in [-0.39, 0.29) is 12.3 Å². The normalized spacial score (nSPS) is 13.6. The Kier molecular flexibility index (Phi) is 36.2. The first kappa shape index (κ1) is 48.6. The molecule has 0 radical (unpaired) electrons. The molecule has 3 N–H and O–H groups in total. The van der Waals surface area contributed by atoms with Gasteiger partial charge in [-0.1, -0.05) is 192 Å². The summed E-state index contributed by atoms with van der Waals surface area (Å²) in [5.41, 5.74) is 0. The van der Waals surface area contributed by atoms with Crippen LogP contribution in [0.25, 0.3) is 0 Å². The molecule has 0 rings (SSSR count). The first-order valence-corrected chi connectivity index (χ1v) is 22.8. The molecule has 2 atom stereocenters. The van der Waals surface area contributed by atoms with E-state index in [1.54, 1.807) is 6.08 Å². The van der Waals surface area contributed by atoms with Crippen molar-refractivity contribution in [3.8, 4) is 0 Å². The van der Waals surface area contributed by atoms with Crippen molar-refractivity contribution in [2.75, 3.05) is 5.75 Å². The zero-order valence-corrected chi connectivity index (χ0v) is 33.6. The van der Waals surface area contributed by atoms with Gasteiger partial charge in [-0.2, -0.15) is 8.42 Å². The minimum absolute atomic E-state index is 0.280. The molecule has 0 spiro atoms. The lowest BCUT2D eigenvalue weighted by atomic mass is 10.0.